The number of hydrogen-bond donors (Lipinski definition) is 3. The van der Waals surface area contributed by atoms with Crippen molar-refractivity contribution >= 4 is 23.7 Å². The molecule has 0 aliphatic rings. The lowest BCUT2D eigenvalue weighted by atomic mass is 10.0. The van der Waals surface area contributed by atoms with E-state index < -0.39 is 35.9 Å². The minimum atomic E-state index is -5.08. The van der Waals surface area contributed by atoms with Crippen LogP contribution in [0.3, 0.4) is 0 Å². The zero-order chi connectivity index (χ0) is 33.7. The Balaban J connectivity index is 0.000000331. The van der Waals surface area contributed by atoms with Crippen LogP contribution < -0.4 is 0 Å². The molecule has 3 N–H and O–H groups in total. The molecule has 0 atom stereocenters. The number of pyridine rings is 1. The molecule has 5 aromatic rings. The molecule has 0 fully saturated rings. The first kappa shape index (κ1) is 33.9. The van der Waals surface area contributed by atoms with Crippen molar-refractivity contribution < 1.29 is 59.4 Å². The Labute approximate surface area is 245 Å². The molecule has 0 aliphatic heterocycles. The van der Waals surface area contributed by atoms with Crippen LogP contribution in [0.5, 0.6) is 0 Å². The molecule has 0 unspecified atom stereocenters. The summed E-state index contributed by atoms with van der Waals surface area (Å²) in [6, 6.07) is 7.35. The second-order valence-electron chi connectivity index (χ2n) is 8.83. The molecule has 4 heterocycles. The van der Waals surface area contributed by atoms with Crippen LogP contribution in [0.2, 0.25) is 0 Å². The summed E-state index contributed by atoms with van der Waals surface area (Å²) in [5.74, 6) is -6.08. The fraction of sp³-hybridized carbons (Fsp3) is 0.154. The number of halogens is 8. The van der Waals surface area contributed by atoms with Gasteiger partial charge in [0.1, 0.15) is 23.0 Å². The van der Waals surface area contributed by atoms with Crippen LogP contribution in [0, 0.1) is 11.6 Å². The molecule has 5 rings (SSSR count). The van der Waals surface area contributed by atoms with Gasteiger partial charge in [0.05, 0.1) is 23.7 Å². The van der Waals surface area contributed by atoms with E-state index in [0.29, 0.717) is 34.2 Å². The number of rotatable bonds is 4. The summed E-state index contributed by atoms with van der Waals surface area (Å²) in [5.41, 5.74) is 3.64. The molecule has 238 valence electrons. The maximum atomic E-state index is 14.4. The van der Waals surface area contributed by atoms with Crippen LogP contribution in [-0.4, -0.2) is 64.2 Å². The number of H-pyrrole nitrogens is 1. The van der Waals surface area contributed by atoms with E-state index in [2.05, 4.69) is 25.3 Å². The fourth-order valence-corrected chi connectivity index (χ4v) is 3.38. The standard InChI is InChI=1S/C22H16F2N6O.2C2HF3O2/c1-12(2)8-19-27-22(29-31-19)17-10-25-18-7-6-13(11-30(17)18)14-9-26-28-21(14)20-15(23)4-3-5-16(20)24;2*3-2(4,5)1(6)7/h3-11H,1-2H3,(H,26,28);2*(H,6,7). The number of nitrogens with zero attached hydrogens (tertiary/aromatic N) is 5. The van der Waals surface area contributed by atoms with E-state index in [1.54, 1.807) is 28.9 Å². The van der Waals surface area contributed by atoms with E-state index >= 15 is 0 Å². The third-order valence-electron chi connectivity index (χ3n) is 5.24. The third kappa shape index (κ3) is 8.48. The van der Waals surface area contributed by atoms with E-state index in [-0.39, 0.29) is 11.3 Å². The van der Waals surface area contributed by atoms with Gasteiger partial charge in [-0.15, -0.1) is 0 Å². The monoisotopic (exact) mass is 646 g/mol. The van der Waals surface area contributed by atoms with Crippen molar-refractivity contribution in [1.82, 2.24) is 29.7 Å². The van der Waals surface area contributed by atoms with Crippen molar-refractivity contribution in [3.05, 3.63) is 72.0 Å². The Hall–Kier alpha value is -5.62. The van der Waals surface area contributed by atoms with E-state index in [9.17, 15) is 35.1 Å². The van der Waals surface area contributed by atoms with Gasteiger partial charge in [0.25, 0.3) is 5.89 Å². The van der Waals surface area contributed by atoms with Crippen molar-refractivity contribution in [2.75, 3.05) is 0 Å². The molecule has 0 spiro atoms. The summed E-state index contributed by atoms with van der Waals surface area (Å²) < 4.78 is 99.3. The van der Waals surface area contributed by atoms with E-state index in [1.807, 2.05) is 19.9 Å². The summed E-state index contributed by atoms with van der Waals surface area (Å²) in [6.45, 7) is 3.87. The maximum Gasteiger partial charge on any atom is 0.490 e. The summed E-state index contributed by atoms with van der Waals surface area (Å²) in [6.07, 6.45) is -3.42. The Morgan fingerprint density at radius 3 is 2.04 bits per heavy atom. The minimum Gasteiger partial charge on any atom is -0.475 e. The average Bonchev–Trinajstić information content (AvgIpc) is 3.67. The Bertz CT molecular complexity index is 1810. The lowest BCUT2D eigenvalue weighted by molar-refractivity contribution is -0.193. The number of carboxylic acid groups (broad SMARTS) is 2. The second-order valence-corrected chi connectivity index (χ2v) is 8.83. The highest BCUT2D eigenvalue weighted by Crippen LogP contribution is 2.34. The summed E-state index contributed by atoms with van der Waals surface area (Å²) in [7, 11) is 0. The molecule has 1 aromatic carbocycles. The van der Waals surface area contributed by atoms with Crippen molar-refractivity contribution in [3.63, 3.8) is 0 Å². The minimum absolute atomic E-state index is 0.162. The molecule has 11 nitrogen and oxygen atoms in total. The number of carboxylic acids is 2. The number of allylic oxidation sites excluding steroid dienone is 1. The number of fused-ring (bicyclic) bond motifs is 1. The average molecular weight is 646 g/mol. The Morgan fingerprint density at radius 1 is 0.933 bits per heavy atom. The molecule has 45 heavy (non-hydrogen) atoms. The van der Waals surface area contributed by atoms with Gasteiger partial charge < -0.3 is 14.7 Å². The molecule has 0 saturated carbocycles. The molecule has 0 aliphatic carbocycles. The van der Waals surface area contributed by atoms with E-state index in [1.165, 1.54) is 24.4 Å². The normalized spacial score (nSPS) is 11.2. The highest BCUT2D eigenvalue weighted by atomic mass is 19.4. The lowest BCUT2D eigenvalue weighted by Gasteiger charge is -2.07. The topological polar surface area (TPSA) is 160 Å². The second kappa shape index (κ2) is 13.3. The van der Waals surface area contributed by atoms with Gasteiger partial charge in [-0.2, -0.15) is 36.4 Å². The van der Waals surface area contributed by atoms with Gasteiger partial charge in [0.15, 0.2) is 0 Å². The van der Waals surface area contributed by atoms with Crippen molar-refractivity contribution in [2.45, 2.75) is 26.2 Å². The van der Waals surface area contributed by atoms with Gasteiger partial charge >= 0.3 is 24.3 Å². The maximum absolute atomic E-state index is 14.4. The van der Waals surface area contributed by atoms with Gasteiger partial charge in [-0.3, -0.25) is 9.50 Å². The third-order valence-corrected chi connectivity index (χ3v) is 5.24. The lowest BCUT2D eigenvalue weighted by Crippen LogP contribution is -2.21. The van der Waals surface area contributed by atoms with Gasteiger partial charge in [-0.05, 0) is 38.1 Å². The summed E-state index contributed by atoms with van der Waals surface area (Å²) in [4.78, 5) is 26.6. The molecule has 0 bridgehead atoms. The number of imidazole rings is 1. The van der Waals surface area contributed by atoms with E-state index in [4.69, 9.17) is 24.3 Å². The molecule has 19 heteroatoms. The van der Waals surface area contributed by atoms with Crippen molar-refractivity contribution in [1.29, 1.82) is 0 Å². The Kier molecular flexibility index (Phi) is 10.1. The number of aromatic nitrogens is 6. The zero-order valence-electron chi connectivity index (χ0n) is 22.6. The number of benzene rings is 1. The number of alkyl halides is 6. The van der Waals surface area contributed by atoms with Crippen molar-refractivity contribution in [2.24, 2.45) is 0 Å². The predicted octanol–water partition coefficient (Wildman–Crippen LogP) is 6.41. The Morgan fingerprint density at radius 2 is 1.51 bits per heavy atom. The van der Waals surface area contributed by atoms with Gasteiger partial charge in [-0.25, -0.2) is 23.4 Å². The molecule has 0 radical (unpaired) electrons. The fourth-order valence-electron chi connectivity index (χ4n) is 3.38. The number of aliphatic carboxylic acids is 2. The van der Waals surface area contributed by atoms with Crippen molar-refractivity contribution in [3.8, 4) is 33.9 Å². The predicted molar refractivity (Wildman–Crippen MR) is 138 cm³/mol. The summed E-state index contributed by atoms with van der Waals surface area (Å²) in [5, 5.41) is 25.0. The number of carbonyl (C=O) groups is 2. The van der Waals surface area contributed by atoms with Gasteiger partial charge in [-0.1, -0.05) is 16.8 Å². The van der Waals surface area contributed by atoms with Gasteiger partial charge in [0.2, 0.25) is 5.82 Å². The van der Waals surface area contributed by atoms with Crippen LogP contribution in [0.4, 0.5) is 35.1 Å². The molecule has 4 aromatic heterocycles. The van der Waals surface area contributed by atoms with Crippen LogP contribution in [0.15, 0.2) is 59.0 Å². The van der Waals surface area contributed by atoms with Gasteiger partial charge in [0, 0.05) is 23.4 Å². The quantitative estimate of drug-likeness (QED) is 0.188. The largest absolute Gasteiger partial charge is 0.490 e. The molecule has 0 saturated heterocycles. The van der Waals surface area contributed by atoms with Crippen LogP contribution in [0.1, 0.15) is 19.7 Å². The summed E-state index contributed by atoms with van der Waals surface area (Å²) >= 11 is 0. The van der Waals surface area contributed by atoms with Crippen LogP contribution in [-0.2, 0) is 9.59 Å². The molecular weight excluding hydrogens is 628 g/mol. The smallest absolute Gasteiger partial charge is 0.475 e. The SMILES string of the molecule is CC(C)=Cc1nc(-c2cnc3ccc(-c4cn[nH]c4-c4c(F)cccc4F)cn23)no1.O=C(O)C(F)(F)F.O=C(O)C(F)(F)F. The number of aromatic amines is 1. The highest BCUT2D eigenvalue weighted by Gasteiger charge is 2.38. The van der Waals surface area contributed by atoms with Crippen LogP contribution >= 0.6 is 0 Å². The first-order chi connectivity index (χ1) is 20.9. The molecular formula is C26H18F8N6O5. The van der Waals surface area contributed by atoms with E-state index in [0.717, 1.165) is 5.57 Å². The van der Waals surface area contributed by atoms with Crippen LogP contribution in [0.25, 0.3) is 45.6 Å². The first-order valence-corrected chi connectivity index (χ1v) is 11.9. The first-order valence-electron chi connectivity index (χ1n) is 11.9. The zero-order valence-corrected chi connectivity index (χ0v) is 22.6. The highest BCUT2D eigenvalue weighted by molar-refractivity contribution is 5.81. The molecule has 0 amide bonds. The number of hydrogen-bond acceptors (Lipinski definition) is 7. The number of nitrogens with one attached hydrogen (secondary N) is 1.